The Balaban J connectivity index is 2.81. The zero-order chi connectivity index (χ0) is 13.8. The van der Waals surface area contributed by atoms with Crippen molar-refractivity contribution in [2.45, 2.75) is 39.7 Å². The maximum atomic E-state index is 5.65. The first-order valence-electron chi connectivity index (χ1n) is 6.14. The Bertz CT molecular complexity index is 388. The first-order chi connectivity index (χ1) is 8.35. The number of halogens is 1. The Labute approximate surface area is 118 Å². The zero-order valence-corrected chi connectivity index (χ0v) is 13.2. The quantitative estimate of drug-likeness (QED) is 0.647. The molecule has 1 rings (SSSR count). The molecule has 0 aliphatic carbocycles. The van der Waals surface area contributed by atoms with Crippen LogP contribution in [0.4, 0.5) is 0 Å². The predicted molar refractivity (Wildman–Crippen MR) is 79.6 cm³/mol. The molecule has 1 atom stereocenters. The number of methoxy groups -OCH3 is 1. The van der Waals surface area contributed by atoms with E-state index in [-0.39, 0.29) is 11.5 Å². The van der Waals surface area contributed by atoms with Crippen LogP contribution in [-0.4, -0.2) is 13.2 Å². The first kappa shape index (κ1) is 15.5. The summed E-state index contributed by atoms with van der Waals surface area (Å²) >= 11 is 3.57. The minimum Gasteiger partial charge on any atom is -0.497 e. The molecule has 0 saturated heterocycles. The van der Waals surface area contributed by atoms with Gasteiger partial charge in [-0.2, -0.15) is 0 Å². The minimum absolute atomic E-state index is 0.252. The molecule has 3 N–H and O–H groups in total. The summed E-state index contributed by atoms with van der Waals surface area (Å²) in [6, 6.07) is 6.27. The fourth-order valence-electron chi connectivity index (χ4n) is 2.03. The third-order valence-corrected chi connectivity index (χ3v) is 3.59. The van der Waals surface area contributed by atoms with Crippen LogP contribution in [0.25, 0.3) is 0 Å². The van der Waals surface area contributed by atoms with E-state index in [0.717, 1.165) is 23.1 Å². The largest absolute Gasteiger partial charge is 0.497 e. The first-order valence-corrected chi connectivity index (χ1v) is 6.93. The molecule has 0 aromatic heterocycles. The Kier molecular flexibility index (Phi) is 5.63. The predicted octanol–water partition coefficient (Wildman–Crippen LogP) is 3.27. The van der Waals surface area contributed by atoms with Crippen molar-refractivity contribution in [3.63, 3.8) is 0 Å². The van der Waals surface area contributed by atoms with Crippen molar-refractivity contribution in [3.8, 4) is 5.75 Å². The molecule has 3 nitrogen and oxygen atoms in total. The summed E-state index contributed by atoms with van der Waals surface area (Å²) in [5, 5.41) is 0. The van der Waals surface area contributed by atoms with E-state index in [9.17, 15) is 0 Å². The average molecular weight is 315 g/mol. The van der Waals surface area contributed by atoms with E-state index < -0.39 is 0 Å². The summed E-state index contributed by atoms with van der Waals surface area (Å²) in [6.07, 6.45) is 1.90. The van der Waals surface area contributed by atoms with Gasteiger partial charge in [-0.15, -0.1) is 0 Å². The average Bonchev–Trinajstić information content (AvgIpc) is 2.29. The van der Waals surface area contributed by atoms with E-state index in [2.05, 4.69) is 48.2 Å². The molecule has 0 spiro atoms. The lowest BCUT2D eigenvalue weighted by Gasteiger charge is -2.26. The Morgan fingerprint density at radius 2 is 2.06 bits per heavy atom. The molecule has 18 heavy (non-hydrogen) atoms. The van der Waals surface area contributed by atoms with Gasteiger partial charge in [0.05, 0.1) is 7.11 Å². The molecule has 0 aliphatic heterocycles. The molecule has 0 amide bonds. The Morgan fingerprint density at radius 1 is 1.39 bits per heavy atom. The Morgan fingerprint density at radius 3 is 2.56 bits per heavy atom. The standard InChI is InChI=1S/C14H23BrN2O/c1-14(2,3)9-11(17-16)7-10-8-12(18-4)5-6-13(10)15/h5-6,8,11,17H,7,9,16H2,1-4H3. The normalized spacial score (nSPS) is 13.4. The summed E-state index contributed by atoms with van der Waals surface area (Å²) in [7, 11) is 1.68. The SMILES string of the molecule is COc1ccc(Br)c(CC(CC(C)(C)C)NN)c1. The van der Waals surface area contributed by atoms with Crippen molar-refractivity contribution < 1.29 is 4.74 Å². The van der Waals surface area contributed by atoms with Crippen molar-refractivity contribution in [2.75, 3.05) is 7.11 Å². The summed E-state index contributed by atoms with van der Waals surface area (Å²) in [4.78, 5) is 0. The number of hydrogen-bond donors (Lipinski definition) is 2. The van der Waals surface area contributed by atoms with Gasteiger partial charge in [-0.1, -0.05) is 36.7 Å². The highest BCUT2D eigenvalue weighted by atomic mass is 79.9. The molecule has 0 aliphatic rings. The molecule has 0 fully saturated rings. The second-order valence-electron chi connectivity index (χ2n) is 5.79. The summed E-state index contributed by atoms with van der Waals surface area (Å²) in [5.74, 6) is 6.53. The monoisotopic (exact) mass is 314 g/mol. The highest BCUT2D eigenvalue weighted by molar-refractivity contribution is 9.10. The second-order valence-corrected chi connectivity index (χ2v) is 6.64. The number of nitrogens with one attached hydrogen (secondary N) is 1. The van der Waals surface area contributed by atoms with E-state index in [0.29, 0.717) is 0 Å². The number of hydrazine groups is 1. The minimum atomic E-state index is 0.252. The summed E-state index contributed by atoms with van der Waals surface area (Å²) in [6.45, 7) is 6.66. The molecule has 0 heterocycles. The molecule has 0 radical (unpaired) electrons. The second kappa shape index (κ2) is 6.55. The van der Waals surface area contributed by atoms with E-state index in [1.54, 1.807) is 7.11 Å². The number of hydrogen-bond acceptors (Lipinski definition) is 3. The van der Waals surface area contributed by atoms with Gasteiger partial charge in [0.25, 0.3) is 0 Å². The Hall–Kier alpha value is -0.580. The van der Waals surface area contributed by atoms with Crippen LogP contribution in [-0.2, 0) is 6.42 Å². The lowest BCUT2D eigenvalue weighted by atomic mass is 9.86. The van der Waals surface area contributed by atoms with Gasteiger partial charge in [0.15, 0.2) is 0 Å². The van der Waals surface area contributed by atoms with Crippen molar-refractivity contribution in [3.05, 3.63) is 28.2 Å². The van der Waals surface area contributed by atoms with E-state index in [4.69, 9.17) is 10.6 Å². The molecular weight excluding hydrogens is 292 g/mol. The van der Waals surface area contributed by atoms with E-state index in [1.165, 1.54) is 5.56 Å². The molecule has 1 unspecified atom stereocenters. The van der Waals surface area contributed by atoms with Gasteiger partial charge < -0.3 is 4.74 Å². The van der Waals surface area contributed by atoms with E-state index in [1.807, 2.05) is 12.1 Å². The summed E-state index contributed by atoms with van der Waals surface area (Å²) < 4.78 is 6.35. The number of nitrogens with two attached hydrogens (primary N) is 1. The zero-order valence-electron chi connectivity index (χ0n) is 11.6. The van der Waals surface area contributed by atoms with Gasteiger partial charge in [-0.05, 0) is 42.0 Å². The van der Waals surface area contributed by atoms with Crippen LogP contribution in [0.3, 0.4) is 0 Å². The van der Waals surface area contributed by atoms with Crippen LogP contribution >= 0.6 is 15.9 Å². The lowest BCUT2D eigenvalue weighted by molar-refractivity contribution is 0.308. The highest BCUT2D eigenvalue weighted by Gasteiger charge is 2.19. The molecule has 0 bridgehead atoms. The van der Waals surface area contributed by atoms with E-state index >= 15 is 0 Å². The van der Waals surface area contributed by atoms with Crippen molar-refractivity contribution in [2.24, 2.45) is 11.3 Å². The lowest BCUT2D eigenvalue weighted by Crippen LogP contribution is -2.39. The molecule has 4 heteroatoms. The van der Waals surface area contributed by atoms with Crippen LogP contribution in [0.15, 0.2) is 22.7 Å². The van der Waals surface area contributed by atoms with Gasteiger partial charge >= 0.3 is 0 Å². The molecule has 1 aromatic carbocycles. The van der Waals surface area contributed by atoms with Gasteiger partial charge in [0.1, 0.15) is 5.75 Å². The molecule has 102 valence electrons. The smallest absolute Gasteiger partial charge is 0.119 e. The van der Waals surface area contributed by atoms with Gasteiger partial charge in [-0.3, -0.25) is 11.3 Å². The molecule has 1 aromatic rings. The fraction of sp³-hybridized carbons (Fsp3) is 0.571. The van der Waals surface area contributed by atoms with Crippen LogP contribution < -0.4 is 16.0 Å². The van der Waals surface area contributed by atoms with Gasteiger partial charge in [-0.25, -0.2) is 0 Å². The van der Waals surface area contributed by atoms with Crippen LogP contribution in [0, 0.1) is 5.41 Å². The number of benzene rings is 1. The topological polar surface area (TPSA) is 47.3 Å². The third-order valence-electron chi connectivity index (χ3n) is 2.81. The van der Waals surface area contributed by atoms with Crippen molar-refractivity contribution in [1.82, 2.24) is 5.43 Å². The van der Waals surface area contributed by atoms with Gasteiger partial charge in [0, 0.05) is 10.5 Å². The molecule has 0 saturated carbocycles. The molecular formula is C14H23BrN2O. The van der Waals surface area contributed by atoms with Crippen molar-refractivity contribution in [1.29, 1.82) is 0 Å². The maximum Gasteiger partial charge on any atom is 0.119 e. The maximum absolute atomic E-state index is 5.65. The summed E-state index contributed by atoms with van der Waals surface area (Å²) in [5.41, 5.74) is 4.37. The van der Waals surface area contributed by atoms with Crippen LogP contribution in [0.1, 0.15) is 32.8 Å². The fourth-order valence-corrected chi connectivity index (χ4v) is 2.44. The highest BCUT2D eigenvalue weighted by Crippen LogP contribution is 2.27. The van der Waals surface area contributed by atoms with Crippen molar-refractivity contribution >= 4 is 15.9 Å². The van der Waals surface area contributed by atoms with Crippen LogP contribution in [0.2, 0.25) is 0 Å². The van der Waals surface area contributed by atoms with Gasteiger partial charge in [0.2, 0.25) is 0 Å². The third kappa shape index (κ3) is 4.96. The number of rotatable bonds is 5. The number of ether oxygens (including phenoxy) is 1. The van der Waals surface area contributed by atoms with Crippen LogP contribution in [0.5, 0.6) is 5.75 Å².